The van der Waals surface area contributed by atoms with Gasteiger partial charge < -0.3 is 14.9 Å². The van der Waals surface area contributed by atoms with Crippen molar-refractivity contribution in [3.8, 4) is 6.07 Å². The molecule has 0 aliphatic carbocycles. The van der Waals surface area contributed by atoms with E-state index in [2.05, 4.69) is 11.0 Å². The highest BCUT2D eigenvalue weighted by Crippen LogP contribution is 2.41. The molecule has 92 valence electrons. The number of carboxylic acid groups (broad SMARTS) is 1. The lowest BCUT2D eigenvalue weighted by atomic mass is 9.73. The summed E-state index contributed by atoms with van der Waals surface area (Å²) >= 11 is 0. The van der Waals surface area contributed by atoms with Crippen molar-refractivity contribution in [3.63, 3.8) is 0 Å². The molecule has 2 aliphatic heterocycles. The van der Waals surface area contributed by atoms with Crippen LogP contribution < -0.4 is 4.90 Å². The maximum absolute atomic E-state index is 10.7. The van der Waals surface area contributed by atoms with Crippen LogP contribution in [-0.2, 0) is 0 Å². The van der Waals surface area contributed by atoms with Gasteiger partial charge in [-0.3, -0.25) is 0 Å². The van der Waals surface area contributed by atoms with Crippen LogP contribution in [0.15, 0.2) is 24.3 Å². The molecule has 0 saturated carbocycles. The number of benzene rings is 1. The number of amides is 1. The van der Waals surface area contributed by atoms with E-state index in [0.717, 1.165) is 18.8 Å². The molecule has 5 heteroatoms. The van der Waals surface area contributed by atoms with Crippen LogP contribution in [-0.4, -0.2) is 42.3 Å². The van der Waals surface area contributed by atoms with Crippen LogP contribution in [0.3, 0.4) is 0 Å². The SMILES string of the molecule is N#Cc1ccc(N2CC3(CN(C(=O)O)C3)C2)cc1. The van der Waals surface area contributed by atoms with E-state index in [0.29, 0.717) is 18.7 Å². The van der Waals surface area contributed by atoms with E-state index < -0.39 is 6.09 Å². The van der Waals surface area contributed by atoms with Crippen LogP contribution in [0.2, 0.25) is 0 Å². The summed E-state index contributed by atoms with van der Waals surface area (Å²) in [5, 5.41) is 17.5. The summed E-state index contributed by atoms with van der Waals surface area (Å²) in [4.78, 5) is 14.4. The van der Waals surface area contributed by atoms with E-state index in [4.69, 9.17) is 10.4 Å². The number of nitrogens with zero attached hydrogens (tertiary/aromatic N) is 3. The summed E-state index contributed by atoms with van der Waals surface area (Å²) < 4.78 is 0. The van der Waals surface area contributed by atoms with E-state index >= 15 is 0 Å². The summed E-state index contributed by atoms with van der Waals surface area (Å²) in [5.41, 5.74) is 1.94. The van der Waals surface area contributed by atoms with Gasteiger partial charge in [0.05, 0.1) is 11.6 Å². The minimum atomic E-state index is -0.822. The Bertz CT molecular complexity index is 518. The second-order valence-corrected chi connectivity index (χ2v) is 5.15. The van der Waals surface area contributed by atoms with Gasteiger partial charge in [-0.05, 0) is 24.3 Å². The van der Waals surface area contributed by atoms with E-state index in [1.54, 1.807) is 0 Å². The summed E-state index contributed by atoms with van der Waals surface area (Å²) in [6.07, 6.45) is -0.822. The molecule has 18 heavy (non-hydrogen) atoms. The number of nitriles is 1. The van der Waals surface area contributed by atoms with Gasteiger partial charge >= 0.3 is 6.09 Å². The van der Waals surface area contributed by atoms with Gasteiger partial charge in [-0.25, -0.2) is 4.79 Å². The number of hydrogen-bond acceptors (Lipinski definition) is 3. The van der Waals surface area contributed by atoms with Gasteiger partial charge in [-0.1, -0.05) is 0 Å². The number of hydrogen-bond donors (Lipinski definition) is 1. The van der Waals surface area contributed by atoms with Crippen LogP contribution in [0.4, 0.5) is 10.5 Å². The molecule has 0 radical (unpaired) electrons. The lowest BCUT2D eigenvalue weighted by molar-refractivity contribution is -0.00941. The first-order valence-corrected chi connectivity index (χ1v) is 5.85. The molecule has 3 rings (SSSR count). The van der Waals surface area contributed by atoms with Crippen LogP contribution >= 0.6 is 0 Å². The quantitative estimate of drug-likeness (QED) is 0.808. The lowest BCUT2D eigenvalue weighted by Crippen LogP contribution is -2.73. The molecule has 0 bridgehead atoms. The second kappa shape index (κ2) is 3.64. The van der Waals surface area contributed by atoms with E-state index in [1.165, 1.54) is 4.90 Å². The Morgan fingerprint density at radius 1 is 1.22 bits per heavy atom. The smallest absolute Gasteiger partial charge is 0.407 e. The molecule has 5 nitrogen and oxygen atoms in total. The Hall–Kier alpha value is -2.22. The van der Waals surface area contributed by atoms with Crippen molar-refractivity contribution >= 4 is 11.8 Å². The van der Waals surface area contributed by atoms with Gasteiger partial charge in [0.2, 0.25) is 0 Å². The highest BCUT2D eigenvalue weighted by molar-refractivity contribution is 5.67. The van der Waals surface area contributed by atoms with Gasteiger partial charge in [0.15, 0.2) is 0 Å². The fraction of sp³-hybridized carbons (Fsp3) is 0.385. The number of carbonyl (C=O) groups is 1. The first-order valence-electron chi connectivity index (χ1n) is 5.85. The zero-order chi connectivity index (χ0) is 12.8. The van der Waals surface area contributed by atoms with E-state index in [-0.39, 0.29) is 5.41 Å². The molecule has 1 aromatic rings. The number of likely N-dealkylation sites (tertiary alicyclic amines) is 1. The van der Waals surface area contributed by atoms with Crippen molar-refractivity contribution in [2.75, 3.05) is 31.1 Å². The Labute approximate surface area is 105 Å². The monoisotopic (exact) mass is 243 g/mol. The van der Waals surface area contributed by atoms with Crippen molar-refractivity contribution < 1.29 is 9.90 Å². The standard InChI is InChI=1S/C13H13N3O2/c14-5-10-1-3-11(4-2-10)15-6-13(7-15)8-16(9-13)12(17)18/h1-4H,6-9H2,(H,17,18). The first-order chi connectivity index (χ1) is 8.62. The summed E-state index contributed by atoms with van der Waals surface area (Å²) in [5.74, 6) is 0. The molecule has 1 spiro atoms. The molecule has 2 aliphatic rings. The van der Waals surface area contributed by atoms with Crippen molar-refractivity contribution in [1.29, 1.82) is 5.26 Å². The molecule has 1 aromatic carbocycles. The van der Waals surface area contributed by atoms with Crippen molar-refractivity contribution in [2.24, 2.45) is 5.41 Å². The average molecular weight is 243 g/mol. The maximum atomic E-state index is 10.7. The lowest BCUT2D eigenvalue weighted by Gasteiger charge is -2.60. The number of rotatable bonds is 1. The fourth-order valence-corrected chi connectivity index (χ4v) is 2.79. The average Bonchev–Trinajstić information content (AvgIpc) is 2.25. The van der Waals surface area contributed by atoms with Gasteiger partial charge in [0, 0.05) is 37.3 Å². The van der Waals surface area contributed by atoms with Gasteiger partial charge in [0.25, 0.3) is 0 Å². The van der Waals surface area contributed by atoms with Crippen molar-refractivity contribution in [2.45, 2.75) is 0 Å². The van der Waals surface area contributed by atoms with E-state index in [9.17, 15) is 4.79 Å². The van der Waals surface area contributed by atoms with Crippen LogP contribution in [0.1, 0.15) is 5.56 Å². The summed E-state index contributed by atoms with van der Waals surface area (Å²) in [6, 6.07) is 9.60. The summed E-state index contributed by atoms with van der Waals surface area (Å²) in [7, 11) is 0. The third-order valence-corrected chi connectivity index (χ3v) is 3.74. The largest absolute Gasteiger partial charge is 0.465 e. The second-order valence-electron chi connectivity index (χ2n) is 5.15. The summed E-state index contributed by atoms with van der Waals surface area (Å²) in [6.45, 7) is 3.11. The zero-order valence-electron chi connectivity index (χ0n) is 9.83. The Morgan fingerprint density at radius 2 is 1.83 bits per heavy atom. The Balaban J connectivity index is 1.59. The normalized spacial score (nSPS) is 19.9. The molecule has 1 amide bonds. The van der Waals surface area contributed by atoms with Gasteiger partial charge in [-0.15, -0.1) is 0 Å². The maximum Gasteiger partial charge on any atom is 0.407 e. The Morgan fingerprint density at radius 3 is 2.33 bits per heavy atom. The van der Waals surface area contributed by atoms with Crippen molar-refractivity contribution in [1.82, 2.24) is 4.90 Å². The minimum Gasteiger partial charge on any atom is -0.465 e. The molecule has 0 aromatic heterocycles. The van der Waals surface area contributed by atoms with Gasteiger partial charge in [0.1, 0.15) is 0 Å². The highest BCUT2D eigenvalue weighted by atomic mass is 16.4. The molecule has 2 heterocycles. The zero-order valence-corrected chi connectivity index (χ0v) is 9.83. The molecule has 0 unspecified atom stereocenters. The van der Waals surface area contributed by atoms with E-state index in [1.807, 2.05) is 24.3 Å². The molecule has 0 atom stereocenters. The minimum absolute atomic E-state index is 0.173. The first kappa shape index (κ1) is 10.9. The Kier molecular flexibility index (Phi) is 2.20. The fourth-order valence-electron chi connectivity index (χ4n) is 2.79. The topological polar surface area (TPSA) is 67.6 Å². The third-order valence-electron chi connectivity index (χ3n) is 3.74. The van der Waals surface area contributed by atoms with Gasteiger partial charge in [-0.2, -0.15) is 5.26 Å². The van der Waals surface area contributed by atoms with Crippen LogP contribution in [0.5, 0.6) is 0 Å². The molecule has 1 N–H and O–H groups in total. The van der Waals surface area contributed by atoms with Crippen molar-refractivity contribution in [3.05, 3.63) is 29.8 Å². The molecular weight excluding hydrogens is 230 g/mol. The number of anilines is 1. The highest BCUT2D eigenvalue weighted by Gasteiger charge is 2.53. The van der Waals surface area contributed by atoms with Crippen LogP contribution in [0.25, 0.3) is 0 Å². The molecule has 2 fully saturated rings. The predicted octanol–water partition coefficient (Wildman–Crippen LogP) is 1.36. The predicted molar refractivity (Wildman–Crippen MR) is 65.4 cm³/mol. The third kappa shape index (κ3) is 1.58. The molecular formula is C13H13N3O2. The van der Waals surface area contributed by atoms with Crippen LogP contribution in [0, 0.1) is 16.7 Å². The molecule has 2 saturated heterocycles.